The number of carbonyl (C=O) groups excluding carboxylic acids is 1. The van der Waals surface area contributed by atoms with Gasteiger partial charge in [0, 0.05) is 5.75 Å². The van der Waals surface area contributed by atoms with Crippen LogP contribution in [-0.2, 0) is 32.7 Å². The first-order chi connectivity index (χ1) is 12.1. The Morgan fingerprint density at radius 3 is 2.28 bits per heavy atom. The molecule has 4 nitrogen and oxygen atoms in total. The minimum atomic E-state index is -1.31. The van der Waals surface area contributed by atoms with E-state index in [1.54, 1.807) is 6.92 Å². The molecule has 0 saturated heterocycles. The monoisotopic (exact) mass is 359 g/mol. The lowest BCUT2D eigenvalue weighted by Crippen LogP contribution is -2.48. The maximum atomic E-state index is 12.8. The number of carbonyl (C=O) groups is 1. The molecule has 0 aliphatic carbocycles. The van der Waals surface area contributed by atoms with Gasteiger partial charge in [-0.05, 0) is 24.5 Å². The van der Waals surface area contributed by atoms with Crippen molar-refractivity contribution in [2.45, 2.75) is 38.8 Å². The van der Waals surface area contributed by atoms with E-state index < -0.39 is 22.5 Å². The van der Waals surface area contributed by atoms with Gasteiger partial charge >= 0.3 is 5.97 Å². The van der Waals surface area contributed by atoms with Crippen LogP contribution in [0.15, 0.2) is 60.7 Å². The topological polar surface area (TPSA) is 55.4 Å². The molecule has 0 fully saturated rings. The van der Waals surface area contributed by atoms with Crippen LogP contribution >= 0.6 is 0 Å². The van der Waals surface area contributed by atoms with Crippen LogP contribution in [0.1, 0.15) is 37.8 Å². The van der Waals surface area contributed by atoms with Gasteiger partial charge in [-0.25, -0.2) is 13.7 Å². The molecule has 0 heterocycles. The number of hydrogen-bond acceptors (Lipinski definition) is 3. The highest BCUT2D eigenvalue weighted by atomic mass is 32.2. The van der Waals surface area contributed by atoms with Crippen LogP contribution in [0.4, 0.5) is 0 Å². The number of rotatable bonds is 9. The Morgan fingerprint density at radius 1 is 1.08 bits per heavy atom. The zero-order chi connectivity index (χ0) is 18.1. The van der Waals surface area contributed by atoms with Crippen LogP contribution in [0.2, 0.25) is 0 Å². The summed E-state index contributed by atoms with van der Waals surface area (Å²) < 4.78 is 20.9. The first kappa shape index (κ1) is 19.3. The van der Waals surface area contributed by atoms with Gasteiger partial charge < -0.3 is 4.74 Å². The Labute approximate surface area is 152 Å². The highest BCUT2D eigenvalue weighted by Crippen LogP contribution is 2.24. The predicted octanol–water partition coefficient (Wildman–Crippen LogP) is 3.70. The Hall–Kier alpha value is -1.98. The third kappa shape index (κ3) is 5.51. The minimum absolute atomic E-state index is 0.186. The Balaban J connectivity index is 2.15. The van der Waals surface area contributed by atoms with Crippen LogP contribution in [0.5, 0.6) is 0 Å². The van der Waals surface area contributed by atoms with E-state index >= 15 is 0 Å². The zero-order valence-electron chi connectivity index (χ0n) is 14.7. The van der Waals surface area contributed by atoms with E-state index in [0.717, 1.165) is 24.0 Å². The summed E-state index contributed by atoms with van der Waals surface area (Å²) in [5.74, 6) is 0.0673. The summed E-state index contributed by atoms with van der Waals surface area (Å²) in [6.07, 6.45) is 1.79. The molecule has 2 aromatic rings. The molecule has 0 aliphatic rings. The van der Waals surface area contributed by atoms with E-state index in [0.29, 0.717) is 5.75 Å². The second-order valence-corrected chi connectivity index (χ2v) is 7.36. The second-order valence-electron chi connectivity index (χ2n) is 6.06. The number of benzene rings is 2. The fraction of sp³-hybridized carbons (Fsp3) is 0.350. The third-order valence-corrected chi connectivity index (χ3v) is 5.27. The normalized spacial score (nSPS) is 14.5. The van der Waals surface area contributed by atoms with E-state index in [1.807, 2.05) is 67.6 Å². The number of hydrogen-bond donors (Lipinski definition) is 1. The molecule has 0 bridgehead atoms. The zero-order valence-corrected chi connectivity index (χ0v) is 15.6. The van der Waals surface area contributed by atoms with Gasteiger partial charge in [-0.2, -0.15) is 0 Å². The van der Waals surface area contributed by atoms with Gasteiger partial charge in [0.05, 0.1) is 11.0 Å². The van der Waals surface area contributed by atoms with Gasteiger partial charge in [-0.3, -0.25) is 0 Å². The number of unbranched alkanes of at least 4 members (excludes halogenated alkanes) is 1. The summed E-state index contributed by atoms with van der Waals surface area (Å²) in [6, 6.07) is 18.8. The summed E-state index contributed by atoms with van der Waals surface area (Å²) in [5.41, 5.74) is 0.491. The highest BCUT2D eigenvalue weighted by molar-refractivity contribution is 7.83. The van der Waals surface area contributed by atoms with Gasteiger partial charge in [-0.1, -0.05) is 74.0 Å². The largest absolute Gasteiger partial charge is 0.459 e. The molecule has 0 aliphatic heterocycles. The van der Waals surface area contributed by atoms with Crippen LogP contribution in [0, 0.1) is 0 Å². The molecule has 0 spiro atoms. The van der Waals surface area contributed by atoms with E-state index in [1.165, 1.54) is 0 Å². The lowest BCUT2D eigenvalue weighted by Gasteiger charge is -2.28. The van der Waals surface area contributed by atoms with Crippen molar-refractivity contribution in [3.8, 4) is 0 Å². The molecule has 0 radical (unpaired) electrons. The second kappa shape index (κ2) is 9.49. The molecule has 2 unspecified atom stereocenters. The first-order valence-electron chi connectivity index (χ1n) is 8.49. The van der Waals surface area contributed by atoms with E-state index in [4.69, 9.17) is 4.74 Å². The quantitative estimate of drug-likeness (QED) is 0.695. The smallest absolute Gasteiger partial charge is 0.331 e. The Morgan fingerprint density at radius 2 is 1.68 bits per heavy atom. The predicted molar refractivity (Wildman–Crippen MR) is 101 cm³/mol. The highest BCUT2D eigenvalue weighted by Gasteiger charge is 2.38. The summed E-state index contributed by atoms with van der Waals surface area (Å²) >= 11 is 0. The fourth-order valence-corrected chi connectivity index (χ4v) is 3.72. The summed E-state index contributed by atoms with van der Waals surface area (Å²) in [4.78, 5) is 12.8. The lowest BCUT2D eigenvalue weighted by atomic mass is 9.93. The van der Waals surface area contributed by atoms with E-state index in [2.05, 4.69) is 4.72 Å². The molecule has 1 N–H and O–H groups in total. The van der Waals surface area contributed by atoms with Crippen molar-refractivity contribution in [1.29, 1.82) is 0 Å². The van der Waals surface area contributed by atoms with Crippen molar-refractivity contribution < 1.29 is 13.7 Å². The molecular formula is C20H25NO3S. The van der Waals surface area contributed by atoms with Crippen LogP contribution in [0.25, 0.3) is 0 Å². The van der Waals surface area contributed by atoms with Gasteiger partial charge in [0.1, 0.15) is 6.61 Å². The maximum absolute atomic E-state index is 12.8. The summed E-state index contributed by atoms with van der Waals surface area (Å²) in [7, 11) is -1.31. The Kier molecular flexibility index (Phi) is 7.34. The van der Waals surface area contributed by atoms with Crippen molar-refractivity contribution in [2.24, 2.45) is 0 Å². The van der Waals surface area contributed by atoms with Crippen LogP contribution in [0.3, 0.4) is 0 Å². The summed E-state index contributed by atoms with van der Waals surface area (Å²) in [5, 5.41) is 0. The molecule has 2 rings (SSSR count). The number of ether oxygens (including phenoxy) is 1. The van der Waals surface area contributed by atoms with Crippen molar-refractivity contribution in [2.75, 3.05) is 5.75 Å². The number of nitrogens with one attached hydrogen (secondary N) is 1. The molecule has 0 aromatic heterocycles. The van der Waals surface area contributed by atoms with Crippen molar-refractivity contribution in [1.82, 2.24) is 4.72 Å². The molecular weight excluding hydrogens is 334 g/mol. The number of esters is 1. The van der Waals surface area contributed by atoms with Crippen molar-refractivity contribution in [3.63, 3.8) is 0 Å². The average Bonchev–Trinajstić information content (AvgIpc) is 2.65. The fourth-order valence-electron chi connectivity index (χ4n) is 2.41. The van der Waals surface area contributed by atoms with Crippen molar-refractivity contribution >= 4 is 17.0 Å². The molecule has 2 atom stereocenters. The summed E-state index contributed by atoms with van der Waals surface area (Å²) in [6.45, 7) is 3.95. The first-order valence-corrected chi connectivity index (χ1v) is 9.81. The van der Waals surface area contributed by atoms with Crippen molar-refractivity contribution in [3.05, 3.63) is 71.8 Å². The molecule has 134 valence electrons. The minimum Gasteiger partial charge on any atom is -0.459 e. The SMILES string of the molecule is CCCCS(=O)NC(C)(C(=O)OCc1ccccc1)c1ccccc1. The molecule has 2 aromatic carbocycles. The molecule has 5 heteroatoms. The van der Waals surface area contributed by atoms with E-state index in [-0.39, 0.29) is 6.61 Å². The molecule has 25 heavy (non-hydrogen) atoms. The Bertz CT molecular complexity index is 691. The van der Waals surface area contributed by atoms with Crippen LogP contribution in [-0.4, -0.2) is 15.9 Å². The molecule has 0 amide bonds. The lowest BCUT2D eigenvalue weighted by molar-refractivity contribution is -0.152. The third-order valence-electron chi connectivity index (χ3n) is 3.97. The molecule has 0 saturated carbocycles. The standard InChI is InChI=1S/C20H25NO3S/c1-3-4-15-25(23)21-20(2,18-13-9-6-10-14-18)19(22)24-16-17-11-7-5-8-12-17/h5-14,21H,3-4,15-16H2,1-2H3. The van der Waals surface area contributed by atoms with Crippen LogP contribution < -0.4 is 4.72 Å². The van der Waals surface area contributed by atoms with Gasteiger partial charge in [-0.15, -0.1) is 0 Å². The maximum Gasteiger partial charge on any atom is 0.331 e. The average molecular weight is 359 g/mol. The van der Waals surface area contributed by atoms with Gasteiger partial charge in [0.25, 0.3) is 0 Å². The van der Waals surface area contributed by atoms with Gasteiger partial charge in [0.15, 0.2) is 5.54 Å². The van der Waals surface area contributed by atoms with Gasteiger partial charge in [0.2, 0.25) is 0 Å². The van der Waals surface area contributed by atoms with E-state index in [9.17, 15) is 9.00 Å².